The first-order valence-electron chi connectivity index (χ1n) is 11.3. The Balaban J connectivity index is 1.59. The fraction of sp³-hybridized carbons (Fsp3) is 0.103. The number of hydrogen-bond donors (Lipinski definition) is 1. The number of benzene rings is 4. The van der Waals surface area contributed by atoms with Crippen LogP contribution in [0.3, 0.4) is 0 Å². The van der Waals surface area contributed by atoms with Gasteiger partial charge in [0, 0.05) is 17.3 Å². The van der Waals surface area contributed by atoms with E-state index < -0.39 is 17.7 Å². The number of anilines is 1. The van der Waals surface area contributed by atoms with E-state index in [0.29, 0.717) is 22.7 Å². The summed E-state index contributed by atoms with van der Waals surface area (Å²) in [5.41, 5.74) is 2.74. The summed E-state index contributed by atoms with van der Waals surface area (Å²) in [7, 11) is 0. The zero-order valence-corrected chi connectivity index (χ0v) is 18.9. The zero-order valence-electron chi connectivity index (χ0n) is 18.9. The number of Topliss-reactive ketones (excluding diaryl/α,β-unsaturated/α-hetero) is 1. The molecule has 6 rings (SSSR count). The van der Waals surface area contributed by atoms with Gasteiger partial charge in [-0.2, -0.15) is 0 Å². The van der Waals surface area contributed by atoms with Crippen LogP contribution in [-0.2, 0) is 9.59 Å². The maximum absolute atomic E-state index is 13.5. The first-order chi connectivity index (χ1) is 17.0. The number of aliphatic hydroxyl groups is 1. The molecule has 0 spiro atoms. The number of hydrogen-bond acceptors (Lipinski definition) is 5. The molecular weight excluding hydrogens is 442 g/mol. The molecule has 4 aromatic carbocycles. The molecule has 1 N–H and O–H groups in total. The second kappa shape index (κ2) is 8.02. The highest BCUT2D eigenvalue weighted by atomic mass is 16.7. The van der Waals surface area contributed by atoms with Crippen molar-refractivity contribution >= 4 is 33.9 Å². The minimum Gasteiger partial charge on any atom is -0.507 e. The predicted molar refractivity (Wildman–Crippen MR) is 132 cm³/mol. The van der Waals surface area contributed by atoms with E-state index in [1.165, 1.54) is 4.90 Å². The third-order valence-electron chi connectivity index (χ3n) is 6.48. The molecule has 0 aromatic heterocycles. The molecule has 1 unspecified atom stereocenters. The van der Waals surface area contributed by atoms with Gasteiger partial charge in [-0.25, -0.2) is 0 Å². The fourth-order valence-electron chi connectivity index (χ4n) is 4.87. The summed E-state index contributed by atoms with van der Waals surface area (Å²) in [6.07, 6.45) is 0. The van der Waals surface area contributed by atoms with Crippen LogP contribution in [0.4, 0.5) is 5.69 Å². The van der Waals surface area contributed by atoms with Crippen molar-refractivity contribution in [3.8, 4) is 11.5 Å². The van der Waals surface area contributed by atoms with E-state index in [1.54, 1.807) is 24.3 Å². The zero-order chi connectivity index (χ0) is 24.1. The van der Waals surface area contributed by atoms with E-state index in [9.17, 15) is 14.7 Å². The SMILES string of the molecule is Cc1cccc(C2/C(=C(/O)c3cccc4ccccc34)C(=O)C(=O)N2c2ccc3c(c2)OCO3)c1. The quantitative estimate of drug-likeness (QED) is 0.247. The molecule has 0 radical (unpaired) electrons. The Labute approximate surface area is 201 Å². The van der Waals surface area contributed by atoms with E-state index in [4.69, 9.17) is 9.47 Å². The van der Waals surface area contributed by atoms with Gasteiger partial charge in [-0.15, -0.1) is 0 Å². The number of rotatable bonds is 3. The molecule has 172 valence electrons. The van der Waals surface area contributed by atoms with Crippen LogP contribution >= 0.6 is 0 Å². The third kappa shape index (κ3) is 3.34. The Kier molecular flexibility index (Phi) is 4.81. The van der Waals surface area contributed by atoms with Gasteiger partial charge in [0.2, 0.25) is 6.79 Å². The Morgan fingerprint density at radius 1 is 0.886 bits per heavy atom. The molecule has 1 atom stereocenters. The lowest BCUT2D eigenvalue weighted by atomic mass is 9.92. The summed E-state index contributed by atoms with van der Waals surface area (Å²) in [5, 5.41) is 13.3. The summed E-state index contributed by atoms with van der Waals surface area (Å²) in [4.78, 5) is 28.3. The predicted octanol–water partition coefficient (Wildman–Crippen LogP) is 5.50. The van der Waals surface area contributed by atoms with Crippen molar-refractivity contribution in [2.45, 2.75) is 13.0 Å². The van der Waals surface area contributed by atoms with Crippen LogP contribution in [0.2, 0.25) is 0 Å². The normalized spacial score (nSPS) is 18.4. The molecule has 6 heteroatoms. The fourth-order valence-corrected chi connectivity index (χ4v) is 4.87. The van der Waals surface area contributed by atoms with Crippen molar-refractivity contribution in [1.82, 2.24) is 0 Å². The summed E-state index contributed by atoms with van der Waals surface area (Å²) >= 11 is 0. The highest BCUT2D eigenvalue weighted by Crippen LogP contribution is 2.45. The molecular formula is C29H21NO5. The van der Waals surface area contributed by atoms with Gasteiger partial charge in [0.25, 0.3) is 11.7 Å². The highest BCUT2D eigenvalue weighted by molar-refractivity contribution is 6.51. The van der Waals surface area contributed by atoms with E-state index in [0.717, 1.165) is 21.9 Å². The van der Waals surface area contributed by atoms with Gasteiger partial charge in [-0.05, 0) is 35.4 Å². The second-order valence-corrected chi connectivity index (χ2v) is 8.65. The lowest BCUT2D eigenvalue weighted by molar-refractivity contribution is -0.132. The molecule has 2 aliphatic heterocycles. The summed E-state index contributed by atoms with van der Waals surface area (Å²) in [6, 6.07) is 25.1. The Bertz CT molecular complexity index is 1550. The summed E-state index contributed by atoms with van der Waals surface area (Å²) in [5.74, 6) is -0.568. The third-order valence-corrected chi connectivity index (χ3v) is 6.48. The van der Waals surface area contributed by atoms with Crippen LogP contribution in [0.5, 0.6) is 11.5 Å². The molecule has 0 saturated carbocycles. The van der Waals surface area contributed by atoms with Crippen LogP contribution in [0, 0.1) is 6.92 Å². The number of aryl methyl sites for hydroxylation is 1. The van der Waals surface area contributed by atoms with Gasteiger partial charge in [-0.1, -0.05) is 72.3 Å². The molecule has 1 amide bonds. The monoisotopic (exact) mass is 463 g/mol. The van der Waals surface area contributed by atoms with Gasteiger partial charge in [-0.3, -0.25) is 14.5 Å². The van der Waals surface area contributed by atoms with Crippen molar-refractivity contribution in [3.63, 3.8) is 0 Å². The van der Waals surface area contributed by atoms with Crippen molar-refractivity contribution in [2.75, 3.05) is 11.7 Å². The minimum atomic E-state index is -0.811. The van der Waals surface area contributed by atoms with E-state index in [2.05, 4.69) is 0 Å². The number of fused-ring (bicyclic) bond motifs is 2. The standard InChI is InChI=1S/C29H21NO5/c1-17-6-4-9-19(14-17)26-25(27(31)22-11-5-8-18-7-2-3-10-21(18)22)28(32)29(33)30(26)20-12-13-23-24(15-20)35-16-34-23/h2-15,26,31H,16H2,1H3/b27-25-. The highest BCUT2D eigenvalue weighted by Gasteiger charge is 2.47. The first-order valence-corrected chi connectivity index (χ1v) is 11.3. The van der Waals surface area contributed by atoms with Gasteiger partial charge < -0.3 is 14.6 Å². The molecule has 1 fully saturated rings. The van der Waals surface area contributed by atoms with Gasteiger partial charge in [0.1, 0.15) is 5.76 Å². The van der Waals surface area contributed by atoms with E-state index >= 15 is 0 Å². The second-order valence-electron chi connectivity index (χ2n) is 8.65. The van der Waals surface area contributed by atoms with Crippen molar-refractivity contribution in [2.24, 2.45) is 0 Å². The minimum absolute atomic E-state index is 0.0506. The maximum atomic E-state index is 13.5. The lowest BCUT2D eigenvalue weighted by Gasteiger charge is -2.26. The number of nitrogens with zero attached hydrogens (tertiary/aromatic N) is 1. The number of carbonyl (C=O) groups is 2. The molecule has 1 saturated heterocycles. The molecule has 0 bridgehead atoms. The Morgan fingerprint density at radius 2 is 1.66 bits per heavy atom. The summed E-state index contributed by atoms with van der Waals surface area (Å²) in [6.45, 7) is 2.04. The molecule has 6 nitrogen and oxygen atoms in total. The summed E-state index contributed by atoms with van der Waals surface area (Å²) < 4.78 is 10.9. The molecule has 35 heavy (non-hydrogen) atoms. The molecule has 0 aliphatic carbocycles. The van der Waals surface area contributed by atoms with Crippen LogP contribution in [0.15, 0.2) is 90.5 Å². The number of amides is 1. The maximum Gasteiger partial charge on any atom is 0.300 e. The largest absolute Gasteiger partial charge is 0.507 e. The van der Waals surface area contributed by atoms with E-state index in [1.807, 2.05) is 67.6 Å². The van der Waals surface area contributed by atoms with Gasteiger partial charge >= 0.3 is 0 Å². The lowest BCUT2D eigenvalue weighted by Crippen LogP contribution is -2.29. The van der Waals surface area contributed by atoms with Crippen LogP contribution in [-0.4, -0.2) is 23.6 Å². The Morgan fingerprint density at radius 3 is 2.51 bits per heavy atom. The number of carbonyl (C=O) groups excluding carboxylic acids is 2. The average molecular weight is 463 g/mol. The average Bonchev–Trinajstić information content (AvgIpc) is 3.45. The number of aliphatic hydroxyl groups excluding tert-OH is 1. The molecule has 2 aliphatic rings. The van der Waals surface area contributed by atoms with Crippen molar-refractivity contribution < 1.29 is 24.2 Å². The Hall–Kier alpha value is -4.58. The topological polar surface area (TPSA) is 76.1 Å². The van der Waals surface area contributed by atoms with Gasteiger partial charge in [0.15, 0.2) is 11.5 Å². The van der Waals surface area contributed by atoms with Crippen molar-refractivity contribution in [3.05, 3.63) is 107 Å². The van der Waals surface area contributed by atoms with Gasteiger partial charge in [0.05, 0.1) is 11.6 Å². The van der Waals surface area contributed by atoms with Crippen molar-refractivity contribution in [1.29, 1.82) is 0 Å². The van der Waals surface area contributed by atoms with Crippen LogP contribution in [0.1, 0.15) is 22.7 Å². The van der Waals surface area contributed by atoms with Crippen LogP contribution in [0.25, 0.3) is 16.5 Å². The van der Waals surface area contributed by atoms with Crippen LogP contribution < -0.4 is 14.4 Å². The molecule has 2 heterocycles. The number of ketones is 1. The molecule has 4 aromatic rings. The van der Waals surface area contributed by atoms with E-state index in [-0.39, 0.29) is 18.1 Å². The first kappa shape index (κ1) is 21.0. The number of ether oxygens (including phenoxy) is 2. The smallest absolute Gasteiger partial charge is 0.300 e.